The van der Waals surface area contributed by atoms with Crippen LogP contribution in [0.1, 0.15) is 0 Å². The van der Waals surface area contributed by atoms with E-state index >= 15 is 0 Å². The summed E-state index contributed by atoms with van der Waals surface area (Å²) in [5.41, 5.74) is 3.67. The average molecular weight is 474 g/mol. The first-order valence-corrected chi connectivity index (χ1v) is 12.2. The molecule has 0 N–H and O–H groups in total. The predicted molar refractivity (Wildman–Crippen MR) is 133 cm³/mol. The van der Waals surface area contributed by atoms with E-state index in [9.17, 15) is 9.18 Å². The number of amides is 1. The zero-order valence-corrected chi connectivity index (χ0v) is 19.4. The maximum Gasteiger partial charge on any atom is 0.257 e. The molecule has 0 saturated carbocycles. The van der Waals surface area contributed by atoms with Gasteiger partial charge < -0.3 is 14.2 Å². The minimum Gasteiger partial charge on any atom is -0.431 e. The quantitative estimate of drug-likeness (QED) is 0.342. The molecule has 5 rings (SSSR count). The molecule has 7 heteroatoms. The number of hydrogen-bond acceptors (Lipinski definition) is 5. The van der Waals surface area contributed by atoms with Crippen LogP contribution in [0.2, 0.25) is 0 Å². The fourth-order valence-corrected chi connectivity index (χ4v) is 4.75. The van der Waals surface area contributed by atoms with Crippen LogP contribution in [0.3, 0.4) is 0 Å². The van der Waals surface area contributed by atoms with Crippen molar-refractivity contribution >= 4 is 23.4 Å². The summed E-state index contributed by atoms with van der Waals surface area (Å²) in [5, 5.41) is 0.482. The Kier molecular flexibility index (Phi) is 6.62. The lowest BCUT2D eigenvalue weighted by Gasteiger charge is -2.36. The van der Waals surface area contributed by atoms with Crippen molar-refractivity contribution < 1.29 is 13.6 Å². The van der Waals surface area contributed by atoms with Crippen LogP contribution in [0.25, 0.3) is 22.6 Å². The number of oxazole rings is 1. The highest BCUT2D eigenvalue weighted by Gasteiger charge is 2.23. The highest BCUT2D eigenvalue weighted by Crippen LogP contribution is 2.35. The summed E-state index contributed by atoms with van der Waals surface area (Å²) in [6.07, 6.45) is 0. The summed E-state index contributed by atoms with van der Waals surface area (Å²) in [6.45, 7) is 2.70. The molecule has 1 aliphatic heterocycles. The maximum absolute atomic E-state index is 13.2. The van der Waals surface area contributed by atoms with Gasteiger partial charge in [-0.25, -0.2) is 9.37 Å². The smallest absolute Gasteiger partial charge is 0.257 e. The van der Waals surface area contributed by atoms with Crippen LogP contribution in [0.15, 0.2) is 94.6 Å². The first-order chi connectivity index (χ1) is 16.7. The topological polar surface area (TPSA) is 49.6 Å². The Morgan fingerprint density at radius 1 is 0.853 bits per heavy atom. The van der Waals surface area contributed by atoms with Crippen LogP contribution < -0.4 is 4.90 Å². The summed E-state index contributed by atoms with van der Waals surface area (Å²) >= 11 is 1.32. The van der Waals surface area contributed by atoms with Crippen molar-refractivity contribution in [2.45, 2.75) is 5.22 Å². The lowest BCUT2D eigenvalue weighted by Crippen LogP contribution is -2.49. The number of thioether (sulfide) groups is 1. The lowest BCUT2D eigenvalue weighted by molar-refractivity contribution is -0.128. The second-order valence-corrected chi connectivity index (χ2v) is 8.95. The third-order valence-electron chi connectivity index (χ3n) is 5.83. The number of halogens is 1. The number of nitrogens with zero attached hydrogens (tertiary/aromatic N) is 3. The van der Waals surface area contributed by atoms with Gasteiger partial charge in [-0.3, -0.25) is 4.79 Å². The van der Waals surface area contributed by atoms with Gasteiger partial charge in [-0.2, -0.15) is 0 Å². The van der Waals surface area contributed by atoms with Gasteiger partial charge in [0.2, 0.25) is 5.91 Å². The Hall–Kier alpha value is -3.58. The molecule has 0 spiro atoms. The molecule has 1 aliphatic rings. The fraction of sp³-hybridized carbons (Fsp3) is 0.185. The van der Waals surface area contributed by atoms with Crippen molar-refractivity contribution in [1.82, 2.24) is 9.88 Å². The summed E-state index contributed by atoms with van der Waals surface area (Å²) in [5.74, 6) is 0.783. The van der Waals surface area contributed by atoms with E-state index in [4.69, 9.17) is 9.40 Å². The Bertz CT molecular complexity index is 1180. The molecule has 1 aromatic heterocycles. The number of benzene rings is 3. The van der Waals surface area contributed by atoms with Gasteiger partial charge in [0.1, 0.15) is 11.5 Å². The number of piperazine rings is 1. The van der Waals surface area contributed by atoms with E-state index in [1.165, 1.54) is 23.9 Å². The fourth-order valence-electron chi connectivity index (χ4n) is 4.02. The largest absolute Gasteiger partial charge is 0.431 e. The Morgan fingerprint density at radius 2 is 1.47 bits per heavy atom. The number of carbonyl (C=O) groups is 1. The van der Waals surface area contributed by atoms with Gasteiger partial charge >= 0.3 is 0 Å². The average Bonchev–Trinajstić information content (AvgIpc) is 3.33. The van der Waals surface area contributed by atoms with Crippen molar-refractivity contribution in [3.63, 3.8) is 0 Å². The monoisotopic (exact) mass is 473 g/mol. The number of rotatable bonds is 6. The first kappa shape index (κ1) is 22.2. The highest BCUT2D eigenvalue weighted by atomic mass is 32.2. The van der Waals surface area contributed by atoms with Gasteiger partial charge in [0.25, 0.3) is 5.22 Å². The van der Waals surface area contributed by atoms with Crippen molar-refractivity contribution in [2.24, 2.45) is 0 Å². The van der Waals surface area contributed by atoms with Crippen LogP contribution in [-0.4, -0.2) is 47.7 Å². The predicted octanol–water partition coefficient (Wildman–Crippen LogP) is 5.59. The van der Waals surface area contributed by atoms with Crippen molar-refractivity contribution in [1.29, 1.82) is 0 Å². The molecule has 0 bridgehead atoms. The minimum absolute atomic E-state index is 0.0597. The Labute approximate surface area is 202 Å². The third-order valence-corrected chi connectivity index (χ3v) is 6.65. The number of anilines is 1. The van der Waals surface area contributed by atoms with Crippen molar-refractivity contribution in [3.05, 3.63) is 90.7 Å². The standard InChI is InChI=1S/C27H24FN3O2S/c28-22-11-13-23(14-12-22)30-15-17-31(18-16-30)24(32)19-34-27-29-25(20-7-3-1-4-8-20)26(33-27)21-9-5-2-6-10-21/h1-14H,15-19H2. The molecule has 1 saturated heterocycles. The molecule has 2 heterocycles. The molecular weight excluding hydrogens is 449 g/mol. The van der Waals surface area contributed by atoms with E-state index in [0.29, 0.717) is 24.1 Å². The minimum atomic E-state index is -0.244. The van der Waals surface area contributed by atoms with Gasteiger partial charge in [-0.1, -0.05) is 72.4 Å². The number of aromatic nitrogens is 1. The Morgan fingerprint density at radius 3 is 2.12 bits per heavy atom. The van der Waals surface area contributed by atoms with Crippen LogP contribution in [0, 0.1) is 5.82 Å². The van der Waals surface area contributed by atoms with E-state index in [1.807, 2.05) is 65.6 Å². The molecule has 3 aromatic carbocycles. The summed E-state index contributed by atoms with van der Waals surface area (Å²) in [7, 11) is 0. The summed E-state index contributed by atoms with van der Waals surface area (Å²) in [4.78, 5) is 21.6. The molecule has 1 fully saturated rings. The van der Waals surface area contributed by atoms with Gasteiger partial charge in [0, 0.05) is 43.0 Å². The summed E-state index contributed by atoms with van der Waals surface area (Å²) in [6, 6.07) is 26.3. The van der Waals surface area contributed by atoms with Gasteiger partial charge in [-0.05, 0) is 24.3 Å². The van der Waals surface area contributed by atoms with E-state index in [2.05, 4.69) is 4.90 Å². The molecular formula is C27H24FN3O2S. The zero-order chi connectivity index (χ0) is 23.3. The summed E-state index contributed by atoms with van der Waals surface area (Å²) < 4.78 is 19.3. The lowest BCUT2D eigenvalue weighted by atomic mass is 10.1. The second-order valence-electron chi connectivity index (χ2n) is 8.02. The van der Waals surface area contributed by atoms with E-state index < -0.39 is 0 Å². The van der Waals surface area contributed by atoms with Crippen LogP contribution in [0.5, 0.6) is 0 Å². The second kappa shape index (κ2) is 10.1. The van der Waals surface area contributed by atoms with Crippen molar-refractivity contribution in [3.8, 4) is 22.6 Å². The maximum atomic E-state index is 13.2. The van der Waals surface area contributed by atoms with Crippen LogP contribution in [-0.2, 0) is 4.79 Å². The van der Waals surface area contributed by atoms with E-state index in [-0.39, 0.29) is 17.5 Å². The third kappa shape index (κ3) is 4.99. The number of hydrogen-bond donors (Lipinski definition) is 0. The highest BCUT2D eigenvalue weighted by molar-refractivity contribution is 7.99. The normalized spacial score (nSPS) is 13.8. The molecule has 34 heavy (non-hydrogen) atoms. The molecule has 0 radical (unpaired) electrons. The molecule has 0 atom stereocenters. The zero-order valence-electron chi connectivity index (χ0n) is 18.6. The number of carbonyl (C=O) groups excluding carboxylic acids is 1. The Balaban J connectivity index is 1.24. The van der Waals surface area contributed by atoms with Crippen LogP contribution >= 0.6 is 11.8 Å². The van der Waals surface area contributed by atoms with E-state index in [1.54, 1.807) is 12.1 Å². The SMILES string of the molecule is O=C(CSc1nc(-c2ccccc2)c(-c2ccccc2)o1)N1CCN(c2ccc(F)cc2)CC1. The molecule has 1 amide bonds. The van der Waals surface area contributed by atoms with Gasteiger partial charge in [0.05, 0.1) is 5.75 Å². The molecule has 172 valence electrons. The van der Waals surface area contributed by atoms with Crippen molar-refractivity contribution in [2.75, 3.05) is 36.8 Å². The van der Waals surface area contributed by atoms with E-state index in [0.717, 1.165) is 35.6 Å². The first-order valence-electron chi connectivity index (χ1n) is 11.2. The molecule has 5 nitrogen and oxygen atoms in total. The molecule has 4 aromatic rings. The van der Waals surface area contributed by atoms with Gasteiger partial charge in [0.15, 0.2) is 5.76 Å². The van der Waals surface area contributed by atoms with Gasteiger partial charge in [-0.15, -0.1) is 0 Å². The molecule has 0 unspecified atom stereocenters. The molecule has 0 aliphatic carbocycles. The van der Waals surface area contributed by atoms with Crippen LogP contribution in [0.4, 0.5) is 10.1 Å².